The second kappa shape index (κ2) is 5.69. The summed E-state index contributed by atoms with van der Waals surface area (Å²) in [5.41, 5.74) is 0.443. The Kier molecular flexibility index (Phi) is 3.94. The summed E-state index contributed by atoms with van der Waals surface area (Å²) in [4.78, 5) is 19.5. The van der Waals surface area contributed by atoms with E-state index >= 15 is 0 Å². The fraction of sp³-hybridized carbons (Fsp3) is 0.714. The number of rotatable bonds is 3. The van der Waals surface area contributed by atoms with Crippen molar-refractivity contribution in [2.75, 3.05) is 25.5 Å². The summed E-state index contributed by atoms with van der Waals surface area (Å²) in [5.74, 6) is -0.350. The maximum absolute atomic E-state index is 11.6. The largest absolute Gasteiger partial charge is 0.464 e. The molecule has 5 nitrogen and oxygen atoms in total. The first-order valence-corrected chi connectivity index (χ1v) is 8.05. The van der Waals surface area contributed by atoms with Gasteiger partial charge in [-0.3, -0.25) is 0 Å². The van der Waals surface area contributed by atoms with Gasteiger partial charge in [0.2, 0.25) is 0 Å². The minimum absolute atomic E-state index is 0.350. The van der Waals surface area contributed by atoms with Gasteiger partial charge in [-0.15, -0.1) is 11.3 Å². The molecule has 2 atom stereocenters. The predicted molar refractivity (Wildman–Crippen MR) is 79.4 cm³/mol. The van der Waals surface area contributed by atoms with Crippen LogP contribution in [0.1, 0.15) is 41.0 Å². The van der Waals surface area contributed by atoms with E-state index in [1.54, 1.807) is 11.3 Å². The first kappa shape index (κ1) is 13.8. The molecule has 0 aromatic carbocycles. The molecule has 0 bridgehead atoms. The first-order valence-electron chi connectivity index (χ1n) is 7.23. The summed E-state index contributed by atoms with van der Waals surface area (Å²) >= 11 is 1.54. The summed E-state index contributed by atoms with van der Waals surface area (Å²) in [6, 6.07) is 1.22. The lowest BCUT2D eigenvalue weighted by Gasteiger charge is -2.35. The van der Waals surface area contributed by atoms with Crippen molar-refractivity contribution in [3.8, 4) is 0 Å². The van der Waals surface area contributed by atoms with Crippen molar-refractivity contribution >= 4 is 22.4 Å². The molecule has 0 saturated carbocycles. The van der Waals surface area contributed by atoms with E-state index in [1.807, 2.05) is 6.92 Å². The van der Waals surface area contributed by atoms with Crippen LogP contribution in [0.5, 0.6) is 0 Å². The Morgan fingerprint density at radius 2 is 2.30 bits per heavy atom. The van der Waals surface area contributed by atoms with Gasteiger partial charge in [0.25, 0.3) is 0 Å². The van der Waals surface area contributed by atoms with Gasteiger partial charge in [0.05, 0.1) is 7.11 Å². The lowest BCUT2D eigenvalue weighted by molar-refractivity contribution is 0.0594. The molecular formula is C14H21N3O2S. The molecule has 0 amide bonds. The molecule has 3 rings (SSSR count). The molecule has 6 heteroatoms. The van der Waals surface area contributed by atoms with Crippen molar-refractivity contribution in [1.82, 2.24) is 9.88 Å². The Morgan fingerprint density at radius 3 is 3.10 bits per heavy atom. The number of hydrogen-bond donors (Lipinski definition) is 1. The van der Waals surface area contributed by atoms with Crippen LogP contribution in [0.25, 0.3) is 0 Å². The van der Waals surface area contributed by atoms with Gasteiger partial charge in [-0.2, -0.15) is 0 Å². The standard InChI is InChI=1S/C14H21N3O2S/c1-9-12(13(18)19-2)16-14(20-9)15-10-5-7-17-6-3-4-11(17)8-10/h10-11H,3-8H2,1-2H3,(H,15,16). The molecule has 1 aromatic rings. The number of fused-ring (bicyclic) bond motifs is 1. The van der Waals surface area contributed by atoms with E-state index in [0.29, 0.717) is 11.7 Å². The molecule has 0 radical (unpaired) electrons. The molecule has 1 aromatic heterocycles. The van der Waals surface area contributed by atoms with Crippen LogP contribution in [0.15, 0.2) is 0 Å². The van der Waals surface area contributed by atoms with Crippen LogP contribution >= 0.6 is 11.3 Å². The smallest absolute Gasteiger partial charge is 0.357 e. The summed E-state index contributed by atoms with van der Waals surface area (Å²) in [7, 11) is 1.39. The molecule has 110 valence electrons. The van der Waals surface area contributed by atoms with Crippen LogP contribution in [0.4, 0.5) is 5.13 Å². The van der Waals surface area contributed by atoms with E-state index in [0.717, 1.165) is 22.5 Å². The van der Waals surface area contributed by atoms with Crippen LogP contribution in [0.2, 0.25) is 0 Å². The van der Waals surface area contributed by atoms with Gasteiger partial charge in [-0.05, 0) is 39.2 Å². The number of piperidine rings is 1. The second-order valence-corrected chi connectivity index (χ2v) is 6.82. The Balaban J connectivity index is 1.64. The average molecular weight is 295 g/mol. The molecule has 2 unspecified atom stereocenters. The van der Waals surface area contributed by atoms with E-state index in [2.05, 4.69) is 15.2 Å². The fourth-order valence-corrected chi connectivity index (χ4v) is 4.15. The highest BCUT2D eigenvalue weighted by Crippen LogP contribution is 2.30. The monoisotopic (exact) mass is 295 g/mol. The number of carbonyl (C=O) groups excluding carboxylic acids is 1. The van der Waals surface area contributed by atoms with E-state index in [1.165, 1.54) is 39.5 Å². The van der Waals surface area contributed by atoms with Crippen LogP contribution in [-0.2, 0) is 4.74 Å². The lowest BCUT2D eigenvalue weighted by Crippen LogP contribution is -2.42. The number of aryl methyl sites for hydroxylation is 1. The molecule has 3 heterocycles. The summed E-state index contributed by atoms with van der Waals surface area (Å²) < 4.78 is 4.75. The molecule has 0 aliphatic carbocycles. The highest BCUT2D eigenvalue weighted by Gasteiger charge is 2.32. The van der Waals surface area contributed by atoms with Crippen molar-refractivity contribution < 1.29 is 9.53 Å². The number of nitrogens with zero attached hydrogens (tertiary/aromatic N) is 2. The van der Waals surface area contributed by atoms with E-state index in [4.69, 9.17) is 4.74 Å². The van der Waals surface area contributed by atoms with Gasteiger partial charge in [-0.1, -0.05) is 0 Å². The number of carbonyl (C=O) groups is 1. The van der Waals surface area contributed by atoms with Crippen molar-refractivity contribution in [3.05, 3.63) is 10.6 Å². The third-order valence-electron chi connectivity index (χ3n) is 4.32. The summed E-state index contributed by atoms with van der Waals surface area (Å²) in [6.45, 7) is 4.35. The number of ether oxygens (including phenoxy) is 1. The Bertz CT molecular complexity index is 503. The number of aromatic nitrogens is 1. The van der Waals surface area contributed by atoms with Crippen LogP contribution in [0, 0.1) is 6.92 Å². The highest BCUT2D eigenvalue weighted by atomic mass is 32.1. The molecule has 0 spiro atoms. The van der Waals surface area contributed by atoms with Crippen molar-refractivity contribution in [2.45, 2.75) is 44.7 Å². The number of methoxy groups -OCH3 is 1. The number of hydrogen-bond acceptors (Lipinski definition) is 6. The van der Waals surface area contributed by atoms with Gasteiger partial charge >= 0.3 is 5.97 Å². The third kappa shape index (κ3) is 2.67. The number of nitrogens with one attached hydrogen (secondary N) is 1. The zero-order valence-corrected chi connectivity index (χ0v) is 12.8. The fourth-order valence-electron chi connectivity index (χ4n) is 3.27. The summed E-state index contributed by atoms with van der Waals surface area (Å²) in [6.07, 6.45) is 5.00. The molecule has 2 fully saturated rings. The first-order chi connectivity index (χ1) is 9.67. The SMILES string of the molecule is COC(=O)c1nc(NC2CCN3CCCC3C2)sc1C. The maximum atomic E-state index is 11.6. The van der Waals surface area contributed by atoms with Gasteiger partial charge in [0, 0.05) is 23.5 Å². The normalized spacial score (nSPS) is 26.3. The maximum Gasteiger partial charge on any atom is 0.357 e. The topological polar surface area (TPSA) is 54.5 Å². The molecule has 1 N–H and O–H groups in total. The number of esters is 1. The van der Waals surface area contributed by atoms with E-state index in [-0.39, 0.29) is 5.97 Å². The van der Waals surface area contributed by atoms with E-state index < -0.39 is 0 Å². The molecule has 2 aliphatic heterocycles. The predicted octanol–water partition coefficient (Wildman–Crippen LogP) is 2.28. The Hall–Kier alpha value is -1.14. The minimum atomic E-state index is -0.350. The van der Waals surface area contributed by atoms with Crippen molar-refractivity contribution in [2.24, 2.45) is 0 Å². The minimum Gasteiger partial charge on any atom is -0.464 e. The zero-order valence-electron chi connectivity index (χ0n) is 12.0. The average Bonchev–Trinajstić information content (AvgIpc) is 3.04. The zero-order chi connectivity index (χ0) is 14.1. The number of anilines is 1. The van der Waals surface area contributed by atoms with Crippen LogP contribution < -0.4 is 5.32 Å². The molecule has 2 saturated heterocycles. The Morgan fingerprint density at radius 1 is 1.45 bits per heavy atom. The highest BCUT2D eigenvalue weighted by molar-refractivity contribution is 7.15. The van der Waals surface area contributed by atoms with E-state index in [9.17, 15) is 4.79 Å². The van der Waals surface area contributed by atoms with Crippen molar-refractivity contribution in [3.63, 3.8) is 0 Å². The Labute approximate surface area is 123 Å². The van der Waals surface area contributed by atoms with Gasteiger partial charge in [-0.25, -0.2) is 9.78 Å². The summed E-state index contributed by atoms with van der Waals surface area (Å²) in [5, 5.41) is 4.35. The lowest BCUT2D eigenvalue weighted by atomic mass is 9.98. The number of thiazole rings is 1. The third-order valence-corrected chi connectivity index (χ3v) is 5.23. The second-order valence-electron chi connectivity index (χ2n) is 5.61. The van der Waals surface area contributed by atoms with Crippen LogP contribution in [0.3, 0.4) is 0 Å². The van der Waals surface area contributed by atoms with Gasteiger partial charge in [0.15, 0.2) is 10.8 Å². The van der Waals surface area contributed by atoms with Gasteiger partial charge in [0.1, 0.15) is 0 Å². The van der Waals surface area contributed by atoms with Crippen LogP contribution in [-0.4, -0.2) is 48.1 Å². The molecule has 2 aliphatic rings. The molecular weight excluding hydrogens is 274 g/mol. The molecule has 20 heavy (non-hydrogen) atoms. The van der Waals surface area contributed by atoms with Gasteiger partial charge < -0.3 is 15.0 Å². The van der Waals surface area contributed by atoms with Crippen molar-refractivity contribution in [1.29, 1.82) is 0 Å². The quantitative estimate of drug-likeness (QED) is 0.867.